The van der Waals surface area contributed by atoms with Gasteiger partial charge in [-0.2, -0.15) is 0 Å². The van der Waals surface area contributed by atoms with Crippen molar-refractivity contribution in [2.75, 3.05) is 7.11 Å². The summed E-state index contributed by atoms with van der Waals surface area (Å²) in [5.41, 5.74) is 6.62. The number of methoxy groups -OCH3 is 1. The summed E-state index contributed by atoms with van der Waals surface area (Å²) in [5, 5.41) is 3.57. The lowest BCUT2D eigenvalue weighted by Gasteiger charge is -2.26. The van der Waals surface area contributed by atoms with Crippen molar-refractivity contribution in [2.45, 2.75) is 44.2 Å². The van der Waals surface area contributed by atoms with Gasteiger partial charge in [0.2, 0.25) is 5.91 Å². The molecule has 1 atom stereocenters. The van der Waals surface area contributed by atoms with E-state index in [0.717, 1.165) is 31.4 Å². The third-order valence-corrected chi connectivity index (χ3v) is 4.20. The summed E-state index contributed by atoms with van der Waals surface area (Å²) in [6.45, 7) is 0. The van der Waals surface area contributed by atoms with Gasteiger partial charge in [-0.05, 0) is 38.2 Å². The Hall–Kier alpha value is -0.840. The maximum absolute atomic E-state index is 12.1. The maximum atomic E-state index is 12.1. The normalized spacial score (nSPS) is 31.4. The summed E-state index contributed by atoms with van der Waals surface area (Å²) in [4.78, 5) is 12.1. The number of hydrogen-bond acceptors (Lipinski definition) is 3. The minimum absolute atomic E-state index is 0.0769. The van der Waals surface area contributed by atoms with Gasteiger partial charge in [-0.3, -0.25) is 4.79 Å². The molecule has 0 spiro atoms. The molecule has 0 aromatic heterocycles. The molecule has 0 bridgehead atoms. The number of ether oxygens (including phenoxy) is 1. The van der Waals surface area contributed by atoms with Crippen LogP contribution >= 0.6 is 11.6 Å². The molecular weight excluding hydrogens is 264 g/mol. The largest absolute Gasteiger partial charge is 0.376 e. The van der Waals surface area contributed by atoms with Crippen LogP contribution in [0.15, 0.2) is 22.9 Å². The number of rotatable bonds is 3. The molecule has 2 aliphatic rings. The van der Waals surface area contributed by atoms with E-state index < -0.39 is 0 Å². The molecule has 5 heteroatoms. The monoisotopic (exact) mass is 284 g/mol. The topological polar surface area (TPSA) is 64.3 Å². The molecule has 3 N–H and O–H groups in total. The first kappa shape index (κ1) is 14.6. The first-order valence-electron chi connectivity index (χ1n) is 6.76. The summed E-state index contributed by atoms with van der Waals surface area (Å²) in [7, 11) is 1.63. The molecule has 4 nitrogen and oxygen atoms in total. The van der Waals surface area contributed by atoms with Gasteiger partial charge in [-0.25, -0.2) is 0 Å². The molecule has 2 aliphatic carbocycles. The van der Waals surface area contributed by atoms with Crippen LogP contribution in [0, 0.1) is 5.92 Å². The number of halogens is 1. The van der Waals surface area contributed by atoms with Gasteiger partial charge >= 0.3 is 0 Å². The van der Waals surface area contributed by atoms with Crippen molar-refractivity contribution in [3.63, 3.8) is 0 Å². The van der Waals surface area contributed by atoms with Crippen LogP contribution in [-0.4, -0.2) is 25.2 Å². The van der Waals surface area contributed by atoms with Crippen molar-refractivity contribution in [1.82, 2.24) is 5.32 Å². The minimum Gasteiger partial charge on any atom is -0.376 e. The van der Waals surface area contributed by atoms with E-state index in [2.05, 4.69) is 5.32 Å². The van der Waals surface area contributed by atoms with E-state index in [1.807, 2.05) is 6.08 Å². The van der Waals surface area contributed by atoms with Crippen molar-refractivity contribution in [1.29, 1.82) is 0 Å². The van der Waals surface area contributed by atoms with E-state index >= 15 is 0 Å². The van der Waals surface area contributed by atoms with Crippen molar-refractivity contribution < 1.29 is 9.53 Å². The second-order valence-corrected chi connectivity index (χ2v) is 5.69. The lowest BCUT2D eigenvalue weighted by atomic mass is 9.86. The Morgan fingerprint density at radius 3 is 2.68 bits per heavy atom. The van der Waals surface area contributed by atoms with Crippen molar-refractivity contribution in [2.24, 2.45) is 11.7 Å². The van der Waals surface area contributed by atoms with Gasteiger partial charge in [0.25, 0.3) is 0 Å². The molecule has 1 saturated carbocycles. The SMILES string of the molecule is COC1CC=C(NC(=O)C2CCC(N)CC2)C=C1Cl. The summed E-state index contributed by atoms with van der Waals surface area (Å²) < 4.78 is 5.21. The molecule has 2 rings (SSSR count). The lowest BCUT2D eigenvalue weighted by Crippen LogP contribution is -2.36. The van der Waals surface area contributed by atoms with Crippen LogP contribution < -0.4 is 11.1 Å². The average Bonchev–Trinajstić information content (AvgIpc) is 2.39. The summed E-state index contributed by atoms with van der Waals surface area (Å²) in [6.07, 6.45) is 7.93. The predicted molar refractivity (Wildman–Crippen MR) is 75.5 cm³/mol. The predicted octanol–water partition coefficient (Wildman–Crippen LogP) is 2.05. The van der Waals surface area contributed by atoms with Crippen LogP contribution in [0.5, 0.6) is 0 Å². The minimum atomic E-state index is -0.0880. The quantitative estimate of drug-likeness (QED) is 0.834. The van der Waals surface area contributed by atoms with Crippen LogP contribution in [0.25, 0.3) is 0 Å². The highest BCUT2D eigenvalue weighted by atomic mass is 35.5. The zero-order chi connectivity index (χ0) is 13.8. The number of carbonyl (C=O) groups excluding carboxylic acids is 1. The molecule has 19 heavy (non-hydrogen) atoms. The second-order valence-electron chi connectivity index (χ2n) is 5.25. The summed E-state index contributed by atoms with van der Waals surface area (Å²) >= 11 is 6.09. The molecule has 0 heterocycles. The van der Waals surface area contributed by atoms with E-state index in [4.69, 9.17) is 22.1 Å². The third kappa shape index (κ3) is 3.81. The molecule has 0 aromatic carbocycles. The number of nitrogens with one attached hydrogen (secondary N) is 1. The molecule has 0 saturated heterocycles. The molecular formula is C14H21ClN2O2. The van der Waals surface area contributed by atoms with E-state index in [9.17, 15) is 4.79 Å². The van der Waals surface area contributed by atoms with E-state index in [0.29, 0.717) is 11.5 Å². The molecule has 1 fully saturated rings. The zero-order valence-electron chi connectivity index (χ0n) is 11.2. The smallest absolute Gasteiger partial charge is 0.227 e. The number of carbonyl (C=O) groups is 1. The zero-order valence-corrected chi connectivity index (χ0v) is 12.0. The van der Waals surface area contributed by atoms with Gasteiger partial charge in [0.1, 0.15) is 0 Å². The number of amides is 1. The first-order valence-corrected chi connectivity index (χ1v) is 7.14. The number of hydrogen-bond donors (Lipinski definition) is 2. The van der Waals surface area contributed by atoms with Gasteiger partial charge < -0.3 is 15.8 Å². The molecule has 0 aliphatic heterocycles. The van der Waals surface area contributed by atoms with E-state index in [-0.39, 0.29) is 24.0 Å². The highest BCUT2D eigenvalue weighted by molar-refractivity contribution is 6.30. The van der Waals surface area contributed by atoms with Crippen LogP contribution in [0.3, 0.4) is 0 Å². The van der Waals surface area contributed by atoms with Crippen molar-refractivity contribution in [3.8, 4) is 0 Å². The van der Waals surface area contributed by atoms with Crippen LogP contribution in [-0.2, 0) is 9.53 Å². The lowest BCUT2D eigenvalue weighted by molar-refractivity contribution is -0.125. The Bertz CT molecular complexity index is 398. The Morgan fingerprint density at radius 1 is 1.42 bits per heavy atom. The van der Waals surface area contributed by atoms with Crippen molar-refractivity contribution >= 4 is 17.5 Å². The van der Waals surface area contributed by atoms with E-state index in [1.165, 1.54) is 0 Å². The Kier molecular flexibility index (Phi) is 5.02. The van der Waals surface area contributed by atoms with Gasteiger partial charge in [-0.15, -0.1) is 0 Å². The Labute approximate surface area is 119 Å². The molecule has 106 valence electrons. The molecule has 1 unspecified atom stereocenters. The van der Waals surface area contributed by atoms with Crippen LogP contribution in [0.1, 0.15) is 32.1 Å². The van der Waals surface area contributed by atoms with Crippen molar-refractivity contribution in [3.05, 3.63) is 22.9 Å². The molecule has 1 amide bonds. The Morgan fingerprint density at radius 2 is 2.11 bits per heavy atom. The fraction of sp³-hybridized carbons (Fsp3) is 0.643. The Balaban J connectivity index is 1.88. The average molecular weight is 285 g/mol. The molecule has 0 radical (unpaired) electrons. The van der Waals surface area contributed by atoms with Gasteiger partial charge in [-0.1, -0.05) is 17.7 Å². The highest BCUT2D eigenvalue weighted by Crippen LogP contribution is 2.25. The molecule has 0 aromatic rings. The van der Waals surface area contributed by atoms with Gasteiger partial charge in [0.15, 0.2) is 0 Å². The van der Waals surface area contributed by atoms with Crippen LogP contribution in [0.2, 0.25) is 0 Å². The highest BCUT2D eigenvalue weighted by Gasteiger charge is 2.25. The van der Waals surface area contributed by atoms with Gasteiger partial charge in [0, 0.05) is 29.8 Å². The maximum Gasteiger partial charge on any atom is 0.227 e. The van der Waals surface area contributed by atoms with E-state index in [1.54, 1.807) is 13.2 Å². The number of nitrogens with two attached hydrogens (primary N) is 1. The van der Waals surface area contributed by atoms with Crippen LogP contribution in [0.4, 0.5) is 0 Å². The summed E-state index contributed by atoms with van der Waals surface area (Å²) in [5.74, 6) is 0.155. The first-order chi connectivity index (χ1) is 9.10. The fourth-order valence-corrected chi connectivity index (χ4v) is 2.86. The second kappa shape index (κ2) is 6.55. The summed E-state index contributed by atoms with van der Waals surface area (Å²) in [6, 6.07) is 0.259. The van der Waals surface area contributed by atoms with Gasteiger partial charge in [0.05, 0.1) is 6.10 Å². The standard InChI is InChI=1S/C14H21ClN2O2/c1-19-13-7-6-11(8-12(13)15)17-14(18)9-2-4-10(16)5-3-9/h6,8-10,13H,2-5,7,16H2,1H3,(H,17,18). The number of allylic oxidation sites excluding steroid dienone is 1. The fourth-order valence-electron chi connectivity index (χ4n) is 2.57. The third-order valence-electron chi connectivity index (χ3n) is 3.85.